The van der Waals surface area contributed by atoms with E-state index in [4.69, 9.17) is 5.10 Å². The monoisotopic (exact) mass is 362 g/mol. The highest BCUT2D eigenvalue weighted by Gasteiger charge is 2.14. The molecule has 5 nitrogen and oxygen atoms in total. The minimum Gasteiger partial charge on any atom is -0.320 e. The fourth-order valence-electron chi connectivity index (χ4n) is 3.02. The van der Waals surface area contributed by atoms with E-state index in [1.54, 1.807) is 0 Å². The van der Waals surface area contributed by atoms with Crippen molar-refractivity contribution in [2.24, 2.45) is 0 Å². The summed E-state index contributed by atoms with van der Waals surface area (Å²) < 4.78 is 1.87. The predicted molar refractivity (Wildman–Crippen MR) is 110 cm³/mol. The molecule has 0 saturated heterocycles. The number of nitrogens with one attached hydrogen (secondary N) is 2. The van der Waals surface area contributed by atoms with Crippen molar-refractivity contribution in [3.05, 3.63) is 71.8 Å². The van der Waals surface area contributed by atoms with Crippen LogP contribution in [0.1, 0.15) is 24.0 Å². The van der Waals surface area contributed by atoms with E-state index < -0.39 is 0 Å². The van der Waals surface area contributed by atoms with Crippen molar-refractivity contribution in [2.45, 2.75) is 26.3 Å². The van der Waals surface area contributed by atoms with Gasteiger partial charge in [-0.1, -0.05) is 54.6 Å². The Kier molecular flexibility index (Phi) is 6.39. The molecule has 0 aliphatic heterocycles. The minimum atomic E-state index is 0.01000. The van der Waals surface area contributed by atoms with Crippen molar-refractivity contribution in [1.82, 2.24) is 15.1 Å². The Morgan fingerprint density at radius 1 is 1.07 bits per heavy atom. The molecule has 2 aromatic carbocycles. The molecule has 1 aromatic heterocycles. The summed E-state index contributed by atoms with van der Waals surface area (Å²) in [4.78, 5) is 12.3. The zero-order chi connectivity index (χ0) is 19.1. The molecule has 0 fully saturated rings. The van der Waals surface area contributed by atoms with E-state index >= 15 is 0 Å². The molecule has 2 N–H and O–H groups in total. The Morgan fingerprint density at radius 2 is 1.81 bits per heavy atom. The summed E-state index contributed by atoms with van der Waals surface area (Å²) in [5, 5.41) is 10.9. The van der Waals surface area contributed by atoms with Gasteiger partial charge in [0.15, 0.2) is 0 Å². The van der Waals surface area contributed by atoms with Crippen LogP contribution in [0.3, 0.4) is 0 Å². The van der Waals surface area contributed by atoms with E-state index in [0.717, 1.165) is 41.2 Å². The second kappa shape index (κ2) is 9.14. The predicted octanol–water partition coefficient (Wildman–Crippen LogP) is 3.84. The summed E-state index contributed by atoms with van der Waals surface area (Å²) >= 11 is 0. The summed E-state index contributed by atoms with van der Waals surface area (Å²) in [6.07, 6.45) is 1.29. The van der Waals surface area contributed by atoms with E-state index in [1.165, 1.54) is 0 Å². The number of carbonyl (C=O) groups is 1. The molecule has 1 heterocycles. The van der Waals surface area contributed by atoms with Gasteiger partial charge in [0.2, 0.25) is 5.91 Å². The number of rotatable bonds is 8. The van der Waals surface area contributed by atoms with Crippen LogP contribution < -0.4 is 10.6 Å². The van der Waals surface area contributed by atoms with Crippen molar-refractivity contribution in [3.8, 4) is 11.3 Å². The molecular formula is C22H26N4O. The quantitative estimate of drug-likeness (QED) is 0.599. The highest BCUT2D eigenvalue weighted by molar-refractivity contribution is 5.90. The lowest BCUT2D eigenvalue weighted by atomic mass is 10.1. The van der Waals surface area contributed by atoms with Crippen LogP contribution in [0.25, 0.3) is 11.3 Å². The average molecular weight is 362 g/mol. The number of anilines is 1. The van der Waals surface area contributed by atoms with Gasteiger partial charge in [-0.05, 0) is 38.1 Å². The van der Waals surface area contributed by atoms with Gasteiger partial charge in [-0.3, -0.25) is 4.79 Å². The Bertz CT molecular complexity index is 886. The van der Waals surface area contributed by atoms with Gasteiger partial charge in [-0.2, -0.15) is 5.10 Å². The van der Waals surface area contributed by atoms with Gasteiger partial charge in [0.05, 0.1) is 12.2 Å². The van der Waals surface area contributed by atoms with Crippen molar-refractivity contribution < 1.29 is 4.79 Å². The lowest BCUT2D eigenvalue weighted by Gasteiger charge is -2.09. The third-order valence-corrected chi connectivity index (χ3v) is 4.47. The van der Waals surface area contributed by atoms with Gasteiger partial charge in [-0.15, -0.1) is 0 Å². The minimum absolute atomic E-state index is 0.01000. The van der Waals surface area contributed by atoms with E-state index in [-0.39, 0.29) is 5.91 Å². The number of hydrogen-bond donors (Lipinski definition) is 2. The second-order valence-electron chi connectivity index (χ2n) is 6.63. The van der Waals surface area contributed by atoms with Crippen LogP contribution in [-0.4, -0.2) is 29.3 Å². The Labute approximate surface area is 160 Å². The van der Waals surface area contributed by atoms with Crippen molar-refractivity contribution in [1.29, 1.82) is 0 Å². The van der Waals surface area contributed by atoms with Gasteiger partial charge < -0.3 is 10.6 Å². The molecule has 3 rings (SSSR count). The maximum Gasteiger partial charge on any atom is 0.225 e. The molecule has 0 atom stereocenters. The van der Waals surface area contributed by atoms with Crippen LogP contribution in [0.2, 0.25) is 0 Å². The highest BCUT2D eigenvalue weighted by atomic mass is 16.1. The molecule has 0 spiro atoms. The zero-order valence-corrected chi connectivity index (χ0v) is 15.9. The zero-order valence-electron chi connectivity index (χ0n) is 15.9. The molecule has 0 radical (unpaired) electrons. The van der Waals surface area contributed by atoms with Crippen molar-refractivity contribution >= 4 is 11.7 Å². The first kappa shape index (κ1) is 18.9. The standard InChI is InChI=1S/C22H26N4O/c1-17-9-6-7-12-19(17)20-15-21(24-22(27)13-8-14-23-2)26(25-20)16-18-10-4-3-5-11-18/h3-7,9-12,15,23H,8,13-14,16H2,1-2H3,(H,24,27). The van der Waals surface area contributed by atoms with Crippen molar-refractivity contribution in [2.75, 3.05) is 18.9 Å². The normalized spacial score (nSPS) is 10.7. The summed E-state index contributed by atoms with van der Waals surface area (Å²) in [6, 6.07) is 20.3. The third-order valence-electron chi connectivity index (χ3n) is 4.47. The third kappa shape index (κ3) is 5.05. The first-order valence-corrected chi connectivity index (χ1v) is 9.29. The Hall–Kier alpha value is -2.92. The smallest absolute Gasteiger partial charge is 0.225 e. The van der Waals surface area contributed by atoms with Crippen LogP contribution in [0, 0.1) is 6.92 Å². The van der Waals surface area contributed by atoms with Gasteiger partial charge in [-0.25, -0.2) is 4.68 Å². The molecule has 0 aliphatic carbocycles. The number of hydrogen-bond acceptors (Lipinski definition) is 3. The van der Waals surface area contributed by atoms with Gasteiger partial charge in [0.1, 0.15) is 5.82 Å². The Morgan fingerprint density at radius 3 is 2.56 bits per heavy atom. The fraction of sp³-hybridized carbons (Fsp3) is 0.273. The molecule has 3 aromatic rings. The summed E-state index contributed by atoms with van der Waals surface area (Å²) in [7, 11) is 1.89. The summed E-state index contributed by atoms with van der Waals surface area (Å²) in [6.45, 7) is 3.51. The lowest BCUT2D eigenvalue weighted by Crippen LogP contribution is -2.17. The van der Waals surface area contributed by atoms with Crippen LogP contribution >= 0.6 is 0 Å². The maximum absolute atomic E-state index is 12.3. The lowest BCUT2D eigenvalue weighted by molar-refractivity contribution is -0.116. The SMILES string of the molecule is CNCCCC(=O)Nc1cc(-c2ccccc2C)nn1Cc1ccccc1. The maximum atomic E-state index is 12.3. The number of benzene rings is 2. The topological polar surface area (TPSA) is 59.0 Å². The molecule has 0 bridgehead atoms. The highest BCUT2D eigenvalue weighted by Crippen LogP contribution is 2.25. The van der Waals surface area contributed by atoms with E-state index in [1.807, 2.05) is 48.1 Å². The van der Waals surface area contributed by atoms with Crippen LogP contribution in [0.4, 0.5) is 5.82 Å². The first-order chi connectivity index (χ1) is 13.2. The van der Waals surface area contributed by atoms with E-state index in [9.17, 15) is 4.79 Å². The first-order valence-electron chi connectivity index (χ1n) is 9.29. The van der Waals surface area contributed by atoms with Gasteiger partial charge in [0, 0.05) is 18.1 Å². The number of carbonyl (C=O) groups excluding carboxylic acids is 1. The van der Waals surface area contributed by atoms with Gasteiger partial charge in [0.25, 0.3) is 0 Å². The molecule has 1 amide bonds. The fourth-order valence-corrected chi connectivity index (χ4v) is 3.02. The van der Waals surface area contributed by atoms with Crippen LogP contribution in [-0.2, 0) is 11.3 Å². The van der Waals surface area contributed by atoms with Gasteiger partial charge >= 0.3 is 0 Å². The molecular weight excluding hydrogens is 336 g/mol. The van der Waals surface area contributed by atoms with Crippen LogP contribution in [0.5, 0.6) is 0 Å². The molecule has 5 heteroatoms. The number of amides is 1. The average Bonchev–Trinajstić information content (AvgIpc) is 3.05. The number of aryl methyl sites for hydroxylation is 1. The van der Waals surface area contributed by atoms with E-state index in [2.05, 4.69) is 41.8 Å². The summed E-state index contributed by atoms with van der Waals surface area (Å²) in [5.41, 5.74) is 4.25. The number of aromatic nitrogens is 2. The molecule has 140 valence electrons. The second-order valence-corrected chi connectivity index (χ2v) is 6.63. The summed E-state index contributed by atoms with van der Waals surface area (Å²) in [5.74, 6) is 0.738. The van der Waals surface area contributed by atoms with Crippen LogP contribution in [0.15, 0.2) is 60.7 Å². The molecule has 27 heavy (non-hydrogen) atoms. The number of nitrogens with zero attached hydrogens (tertiary/aromatic N) is 2. The Balaban J connectivity index is 1.87. The van der Waals surface area contributed by atoms with Crippen molar-refractivity contribution in [3.63, 3.8) is 0 Å². The molecule has 0 saturated carbocycles. The molecule has 0 unspecified atom stereocenters. The van der Waals surface area contributed by atoms with E-state index in [0.29, 0.717) is 13.0 Å². The largest absolute Gasteiger partial charge is 0.320 e. The molecule has 0 aliphatic rings.